The molecule has 1 saturated heterocycles. The molecule has 5 nitrogen and oxygen atoms in total. The summed E-state index contributed by atoms with van der Waals surface area (Å²) in [5, 5.41) is 5.96. The quantitative estimate of drug-likeness (QED) is 0.879. The van der Waals surface area contributed by atoms with Crippen LogP contribution in [-0.4, -0.2) is 30.1 Å². The van der Waals surface area contributed by atoms with Gasteiger partial charge in [0.2, 0.25) is 0 Å². The molecule has 2 fully saturated rings. The number of amides is 2. The first kappa shape index (κ1) is 15.1. The number of hydrogen-bond donors (Lipinski definition) is 2. The number of anilines is 1. The third-order valence-corrected chi connectivity index (χ3v) is 4.63. The number of rotatable bonds is 5. The average molecular weight is 302 g/mol. The third kappa shape index (κ3) is 4.12. The van der Waals surface area contributed by atoms with E-state index < -0.39 is 0 Å². The second kappa shape index (κ2) is 6.99. The molecule has 0 radical (unpaired) electrons. The Bertz CT molecular complexity index is 509. The molecular weight excluding hydrogens is 276 g/mol. The maximum atomic E-state index is 11.9. The maximum Gasteiger partial charge on any atom is 0.315 e. The van der Waals surface area contributed by atoms with Gasteiger partial charge in [-0.3, -0.25) is 0 Å². The summed E-state index contributed by atoms with van der Waals surface area (Å²) in [6.07, 6.45) is 8.12. The first-order valence-corrected chi connectivity index (χ1v) is 8.46. The number of pyridine rings is 1. The van der Waals surface area contributed by atoms with Crippen molar-refractivity contribution in [2.75, 3.05) is 18.0 Å². The minimum Gasteiger partial charge on any atom is -0.357 e. The topological polar surface area (TPSA) is 57.3 Å². The van der Waals surface area contributed by atoms with E-state index in [4.69, 9.17) is 0 Å². The van der Waals surface area contributed by atoms with Gasteiger partial charge in [0.05, 0.1) is 0 Å². The Kier molecular flexibility index (Phi) is 4.80. The zero-order chi connectivity index (χ0) is 15.4. The summed E-state index contributed by atoms with van der Waals surface area (Å²) in [5.74, 6) is 1.71. The molecule has 22 heavy (non-hydrogen) atoms. The molecule has 1 aromatic rings. The molecule has 1 aliphatic heterocycles. The minimum atomic E-state index is -0.0734. The SMILES string of the molecule is CC(NC(=O)NCc1ccnc(N2CCCCC2)c1)C1CC1. The zero-order valence-electron chi connectivity index (χ0n) is 13.3. The molecular formula is C17H26N4O. The predicted molar refractivity (Wildman–Crippen MR) is 87.9 cm³/mol. The van der Waals surface area contributed by atoms with Gasteiger partial charge in [0.1, 0.15) is 5.82 Å². The van der Waals surface area contributed by atoms with E-state index in [-0.39, 0.29) is 12.1 Å². The monoisotopic (exact) mass is 302 g/mol. The van der Waals surface area contributed by atoms with Gasteiger partial charge < -0.3 is 15.5 Å². The fourth-order valence-electron chi connectivity index (χ4n) is 3.02. The van der Waals surface area contributed by atoms with Crippen molar-refractivity contribution in [3.63, 3.8) is 0 Å². The number of hydrogen-bond acceptors (Lipinski definition) is 3. The molecule has 1 unspecified atom stereocenters. The molecule has 2 heterocycles. The van der Waals surface area contributed by atoms with E-state index in [1.165, 1.54) is 32.1 Å². The fraction of sp³-hybridized carbons (Fsp3) is 0.647. The van der Waals surface area contributed by atoms with Gasteiger partial charge in [0.15, 0.2) is 0 Å². The molecule has 1 aliphatic carbocycles. The van der Waals surface area contributed by atoms with Crippen molar-refractivity contribution in [2.45, 2.75) is 51.6 Å². The summed E-state index contributed by atoms with van der Waals surface area (Å²) in [6.45, 7) is 4.80. The van der Waals surface area contributed by atoms with Crippen molar-refractivity contribution >= 4 is 11.8 Å². The third-order valence-electron chi connectivity index (χ3n) is 4.63. The van der Waals surface area contributed by atoms with Gasteiger partial charge in [-0.05, 0) is 62.6 Å². The lowest BCUT2D eigenvalue weighted by molar-refractivity contribution is 0.236. The Morgan fingerprint density at radius 2 is 2.14 bits per heavy atom. The number of nitrogens with one attached hydrogen (secondary N) is 2. The molecule has 2 aliphatic rings. The van der Waals surface area contributed by atoms with Crippen LogP contribution in [0.15, 0.2) is 18.3 Å². The predicted octanol–water partition coefficient (Wildman–Crippen LogP) is 2.67. The Morgan fingerprint density at radius 3 is 2.86 bits per heavy atom. The van der Waals surface area contributed by atoms with Gasteiger partial charge in [-0.25, -0.2) is 9.78 Å². The molecule has 5 heteroatoms. The van der Waals surface area contributed by atoms with E-state index in [0.717, 1.165) is 24.5 Å². The molecule has 1 saturated carbocycles. The van der Waals surface area contributed by atoms with Crippen LogP contribution < -0.4 is 15.5 Å². The summed E-state index contributed by atoms with van der Waals surface area (Å²) in [7, 11) is 0. The zero-order valence-corrected chi connectivity index (χ0v) is 13.3. The molecule has 0 aromatic carbocycles. The normalized spacial score (nSPS) is 19.6. The largest absolute Gasteiger partial charge is 0.357 e. The van der Waals surface area contributed by atoms with Gasteiger partial charge in [0, 0.05) is 31.9 Å². The van der Waals surface area contributed by atoms with E-state index in [1.807, 2.05) is 12.3 Å². The highest BCUT2D eigenvalue weighted by molar-refractivity contribution is 5.74. The van der Waals surface area contributed by atoms with Crippen LogP contribution in [0, 0.1) is 5.92 Å². The Balaban J connectivity index is 1.50. The summed E-state index contributed by atoms with van der Waals surface area (Å²) < 4.78 is 0. The first-order chi connectivity index (χ1) is 10.7. The summed E-state index contributed by atoms with van der Waals surface area (Å²) >= 11 is 0. The van der Waals surface area contributed by atoms with Crippen molar-refractivity contribution in [2.24, 2.45) is 5.92 Å². The highest BCUT2D eigenvalue weighted by Gasteiger charge is 2.28. The molecule has 1 aromatic heterocycles. The van der Waals surface area contributed by atoms with Crippen molar-refractivity contribution in [3.05, 3.63) is 23.9 Å². The first-order valence-electron chi connectivity index (χ1n) is 8.46. The summed E-state index contributed by atoms with van der Waals surface area (Å²) in [5.41, 5.74) is 1.10. The van der Waals surface area contributed by atoms with Gasteiger partial charge in [0.25, 0.3) is 0 Å². The number of carbonyl (C=O) groups excluding carboxylic acids is 1. The standard InChI is InChI=1S/C17H26N4O/c1-13(15-5-6-15)20-17(22)19-12-14-7-8-18-16(11-14)21-9-3-2-4-10-21/h7-8,11,13,15H,2-6,9-10,12H2,1H3,(H2,19,20,22). The van der Waals surface area contributed by atoms with Crippen LogP contribution in [0.3, 0.4) is 0 Å². The van der Waals surface area contributed by atoms with E-state index >= 15 is 0 Å². The van der Waals surface area contributed by atoms with Crippen LogP contribution in [0.1, 0.15) is 44.6 Å². The highest BCUT2D eigenvalue weighted by Crippen LogP contribution is 2.32. The lowest BCUT2D eigenvalue weighted by Gasteiger charge is -2.27. The number of nitrogens with zero attached hydrogens (tertiary/aromatic N) is 2. The lowest BCUT2D eigenvalue weighted by Crippen LogP contribution is -2.41. The second-order valence-electron chi connectivity index (χ2n) is 6.52. The van der Waals surface area contributed by atoms with E-state index in [9.17, 15) is 4.79 Å². The Labute approximate surface area is 132 Å². The van der Waals surface area contributed by atoms with Gasteiger partial charge in [-0.1, -0.05) is 0 Å². The van der Waals surface area contributed by atoms with Crippen LogP contribution in [0.2, 0.25) is 0 Å². The van der Waals surface area contributed by atoms with Gasteiger partial charge >= 0.3 is 6.03 Å². The van der Waals surface area contributed by atoms with Gasteiger partial charge in [-0.15, -0.1) is 0 Å². The van der Waals surface area contributed by atoms with E-state index in [0.29, 0.717) is 12.5 Å². The molecule has 0 spiro atoms. The molecule has 2 N–H and O–H groups in total. The Morgan fingerprint density at radius 1 is 1.36 bits per heavy atom. The maximum absolute atomic E-state index is 11.9. The number of aromatic nitrogens is 1. The van der Waals surface area contributed by atoms with E-state index in [1.54, 1.807) is 0 Å². The second-order valence-corrected chi connectivity index (χ2v) is 6.52. The number of carbonyl (C=O) groups is 1. The molecule has 0 bridgehead atoms. The molecule has 3 rings (SSSR count). The van der Waals surface area contributed by atoms with Crippen molar-refractivity contribution in [3.8, 4) is 0 Å². The molecule has 120 valence electrons. The summed E-state index contributed by atoms with van der Waals surface area (Å²) in [4.78, 5) is 18.7. The lowest BCUT2D eigenvalue weighted by atomic mass is 10.1. The van der Waals surface area contributed by atoms with Crippen LogP contribution in [0.4, 0.5) is 10.6 Å². The van der Waals surface area contributed by atoms with Crippen molar-refractivity contribution in [1.82, 2.24) is 15.6 Å². The van der Waals surface area contributed by atoms with Crippen LogP contribution in [0.25, 0.3) is 0 Å². The summed E-state index contributed by atoms with van der Waals surface area (Å²) in [6, 6.07) is 4.27. The van der Waals surface area contributed by atoms with Crippen molar-refractivity contribution < 1.29 is 4.79 Å². The van der Waals surface area contributed by atoms with Crippen LogP contribution in [0.5, 0.6) is 0 Å². The number of piperidine rings is 1. The van der Waals surface area contributed by atoms with Crippen LogP contribution in [-0.2, 0) is 6.54 Å². The number of urea groups is 1. The fourth-order valence-corrected chi connectivity index (χ4v) is 3.02. The van der Waals surface area contributed by atoms with Crippen LogP contribution >= 0.6 is 0 Å². The highest BCUT2D eigenvalue weighted by atomic mass is 16.2. The van der Waals surface area contributed by atoms with E-state index in [2.05, 4.69) is 33.5 Å². The Hall–Kier alpha value is -1.78. The van der Waals surface area contributed by atoms with Gasteiger partial charge in [-0.2, -0.15) is 0 Å². The average Bonchev–Trinajstić information content (AvgIpc) is 3.39. The minimum absolute atomic E-state index is 0.0734. The smallest absolute Gasteiger partial charge is 0.315 e. The van der Waals surface area contributed by atoms with Crippen molar-refractivity contribution in [1.29, 1.82) is 0 Å². The molecule has 2 amide bonds. The molecule has 1 atom stereocenters.